The van der Waals surface area contributed by atoms with Crippen LogP contribution in [0.2, 0.25) is 0 Å². The summed E-state index contributed by atoms with van der Waals surface area (Å²) in [6.07, 6.45) is 0.872. The summed E-state index contributed by atoms with van der Waals surface area (Å²) in [5.74, 6) is -0.171. The van der Waals surface area contributed by atoms with Crippen LogP contribution in [0.4, 0.5) is 5.69 Å². The number of anilines is 1. The highest BCUT2D eigenvalue weighted by Gasteiger charge is 2.40. The van der Waals surface area contributed by atoms with Gasteiger partial charge in [-0.1, -0.05) is 6.92 Å². The SMILES string of the molecule is Cc1cc(I)ccc1NC(=O)COC(=O)[C@H]1C[C@@H]1C. The zero-order chi connectivity index (χ0) is 14.0. The van der Waals surface area contributed by atoms with Crippen LogP contribution in [0.3, 0.4) is 0 Å². The Morgan fingerprint density at radius 2 is 2.16 bits per heavy atom. The lowest BCUT2D eigenvalue weighted by Crippen LogP contribution is -2.22. The minimum atomic E-state index is -0.300. The number of carbonyl (C=O) groups excluding carboxylic acids is 2. The maximum absolute atomic E-state index is 11.7. The van der Waals surface area contributed by atoms with Crippen LogP contribution in [0.25, 0.3) is 0 Å². The van der Waals surface area contributed by atoms with Crippen LogP contribution in [0.15, 0.2) is 18.2 Å². The van der Waals surface area contributed by atoms with Crippen LogP contribution in [-0.2, 0) is 14.3 Å². The Morgan fingerprint density at radius 1 is 1.47 bits per heavy atom. The van der Waals surface area contributed by atoms with Gasteiger partial charge in [0.25, 0.3) is 5.91 Å². The molecule has 0 radical (unpaired) electrons. The third kappa shape index (κ3) is 3.92. The van der Waals surface area contributed by atoms with Gasteiger partial charge in [-0.25, -0.2) is 0 Å². The first-order valence-electron chi connectivity index (χ1n) is 6.20. The lowest BCUT2D eigenvalue weighted by Gasteiger charge is -2.09. The van der Waals surface area contributed by atoms with Gasteiger partial charge in [0.15, 0.2) is 6.61 Å². The summed E-state index contributed by atoms with van der Waals surface area (Å²) in [6.45, 7) is 3.71. The zero-order valence-electron chi connectivity index (χ0n) is 10.9. The summed E-state index contributed by atoms with van der Waals surface area (Å²) in [4.78, 5) is 23.2. The van der Waals surface area contributed by atoms with E-state index in [2.05, 4.69) is 27.9 Å². The van der Waals surface area contributed by atoms with Crippen LogP contribution in [0.5, 0.6) is 0 Å². The van der Waals surface area contributed by atoms with E-state index in [1.807, 2.05) is 32.0 Å². The number of carbonyl (C=O) groups is 2. The van der Waals surface area contributed by atoms with Gasteiger partial charge in [0, 0.05) is 9.26 Å². The second-order valence-corrected chi connectivity index (χ2v) is 6.18. The van der Waals surface area contributed by atoms with E-state index >= 15 is 0 Å². The van der Waals surface area contributed by atoms with E-state index in [-0.39, 0.29) is 24.4 Å². The lowest BCUT2D eigenvalue weighted by atomic mass is 10.2. The number of hydrogen-bond donors (Lipinski definition) is 1. The summed E-state index contributed by atoms with van der Waals surface area (Å²) in [6, 6.07) is 5.74. The van der Waals surface area contributed by atoms with Crippen LogP contribution < -0.4 is 5.32 Å². The predicted octanol–water partition coefficient (Wildman–Crippen LogP) is 2.74. The number of ether oxygens (including phenoxy) is 1. The molecule has 102 valence electrons. The third-order valence-electron chi connectivity index (χ3n) is 3.22. The van der Waals surface area contributed by atoms with Gasteiger partial charge in [-0.3, -0.25) is 9.59 Å². The monoisotopic (exact) mass is 373 g/mol. The van der Waals surface area contributed by atoms with E-state index in [1.54, 1.807) is 0 Å². The summed E-state index contributed by atoms with van der Waals surface area (Å²) in [7, 11) is 0. The van der Waals surface area contributed by atoms with Crippen molar-refractivity contribution in [1.29, 1.82) is 0 Å². The molecule has 4 nitrogen and oxygen atoms in total. The Kier molecular flexibility index (Phi) is 4.44. The normalized spacial score (nSPS) is 20.8. The Balaban J connectivity index is 1.82. The van der Waals surface area contributed by atoms with E-state index in [1.165, 1.54) is 0 Å². The van der Waals surface area contributed by atoms with Crippen molar-refractivity contribution in [2.24, 2.45) is 11.8 Å². The third-order valence-corrected chi connectivity index (χ3v) is 3.89. The van der Waals surface area contributed by atoms with Crippen molar-refractivity contribution in [1.82, 2.24) is 0 Å². The van der Waals surface area contributed by atoms with E-state index in [9.17, 15) is 9.59 Å². The molecule has 0 unspecified atom stereocenters. The topological polar surface area (TPSA) is 55.4 Å². The first-order valence-corrected chi connectivity index (χ1v) is 7.28. The molecular weight excluding hydrogens is 357 g/mol. The van der Waals surface area contributed by atoms with E-state index in [0.29, 0.717) is 5.92 Å². The molecule has 0 aromatic heterocycles. The van der Waals surface area contributed by atoms with Crippen molar-refractivity contribution in [2.75, 3.05) is 11.9 Å². The lowest BCUT2D eigenvalue weighted by molar-refractivity contribution is -0.148. The average Bonchev–Trinajstić information content (AvgIpc) is 3.07. The van der Waals surface area contributed by atoms with Crippen molar-refractivity contribution in [3.8, 4) is 0 Å². The van der Waals surface area contributed by atoms with Gasteiger partial charge in [0.2, 0.25) is 0 Å². The molecule has 1 saturated carbocycles. The number of benzene rings is 1. The number of hydrogen-bond acceptors (Lipinski definition) is 3. The largest absolute Gasteiger partial charge is 0.455 e. The average molecular weight is 373 g/mol. The molecule has 2 rings (SSSR count). The molecule has 1 N–H and O–H groups in total. The van der Waals surface area contributed by atoms with Crippen LogP contribution in [0, 0.1) is 22.3 Å². The van der Waals surface area contributed by atoms with Gasteiger partial charge >= 0.3 is 5.97 Å². The smallest absolute Gasteiger partial charge is 0.309 e. The van der Waals surface area contributed by atoms with Gasteiger partial charge in [-0.15, -0.1) is 0 Å². The first kappa shape index (κ1) is 14.3. The van der Waals surface area contributed by atoms with E-state index < -0.39 is 0 Å². The molecule has 19 heavy (non-hydrogen) atoms. The number of amides is 1. The maximum Gasteiger partial charge on any atom is 0.309 e. The molecular formula is C14H16INO3. The molecule has 1 aliphatic carbocycles. The van der Waals surface area contributed by atoms with E-state index in [4.69, 9.17) is 4.74 Å². The van der Waals surface area contributed by atoms with Crippen LogP contribution in [0.1, 0.15) is 18.9 Å². The van der Waals surface area contributed by atoms with Crippen molar-refractivity contribution in [3.05, 3.63) is 27.3 Å². The molecule has 1 aromatic carbocycles. The number of aryl methyl sites for hydroxylation is 1. The molecule has 0 aliphatic heterocycles. The van der Waals surface area contributed by atoms with Gasteiger partial charge in [0.1, 0.15) is 0 Å². The molecule has 1 amide bonds. The quantitative estimate of drug-likeness (QED) is 0.652. The van der Waals surface area contributed by atoms with E-state index in [0.717, 1.165) is 21.2 Å². The molecule has 1 aromatic rings. The molecule has 1 aliphatic rings. The number of halogens is 1. The molecule has 2 atom stereocenters. The summed E-state index contributed by atoms with van der Waals surface area (Å²) < 4.78 is 6.09. The molecule has 0 saturated heterocycles. The molecule has 1 fully saturated rings. The van der Waals surface area contributed by atoms with Crippen molar-refractivity contribution in [2.45, 2.75) is 20.3 Å². The maximum atomic E-state index is 11.7. The van der Waals surface area contributed by atoms with Crippen molar-refractivity contribution < 1.29 is 14.3 Å². The van der Waals surface area contributed by atoms with Gasteiger partial charge in [0.05, 0.1) is 5.92 Å². The minimum absolute atomic E-state index is 0.00663. The van der Waals surface area contributed by atoms with Gasteiger partial charge in [-0.2, -0.15) is 0 Å². The van der Waals surface area contributed by atoms with Gasteiger partial charge < -0.3 is 10.1 Å². The second kappa shape index (κ2) is 5.90. The fourth-order valence-corrected chi connectivity index (χ4v) is 2.49. The zero-order valence-corrected chi connectivity index (χ0v) is 13.1. The minimum Gasteiger partial charge on any atom is -0.455 e. The molecule has 0 bridgehead atoms. The number of esters is 1. The Morgan fingerprint density at radius 3 is 2.74 bits per heavy atom. The Labute approximate surface area is 126 Å². The highest BCUT2D eigenvalue weighted by atomic mass is 127. The fraction of sp³-hybridized carbons (Fsp3) is 0.429. The van der Waals surface area contributed by atoms with Gasteiger partial charge in [-0.05, 0) is 65.6 Å². The number of nitrogens with one attached hydrogen (secondary N) is 1. The fourth-order valence-electron chi connectivity index (χ4n) is 1.85. The summed E-state index contributed by atoms with van der Waals surface area (Å²) in [5, 5.41) is 2.74. The summed E-state index contributed by atoms with van der Waals surface area (Å²) >= 11 is 2.22. The number of rotatable bonds is 4. The molecule has 0 heterocycles. The van der Waals surface area contributed by atoms with Crippen molar-refractivity contribution in [3.63, 3.8) is 0 Å². The molecule has 5 heteroatoms. The summed E-state index contributed by atoms with van der Waals surface area (Å²) in [5.41, 5.74) is 1.74. The van der Waals surface area contributed by atoms with Crippen LogP contribution in [-0.4, -0.2) is 18.5 Å². The Hall–Kier alpha value is -1.11. The standard InChI is InChI=1S/C14H16INO3/c1-8-6-11(8)14(18)19-7-13(17)16-12-4-3-10(15)5-9(12)2/h3-5,8,11H,6-7H2,1-2H3,(H,16,17)/t8-,11-/m0/s1. The second-order valence-electron chi connectivity index (χ2n) is 4.93. The molecule has 0 spiro atoms. The Bertz CT molecular complexity index is 515. The highest BCUT2D eigenvalue weighted by Crippen LogP contribution is 2.38. The van der Waals surface area contributed by atoms with Crippen molar-refractivity contribution >= 4 is 40.2 Å². The first-order chi connectivity index (χ1) is 8.97. The highest BCUT2D eigenvalue weighted by molar-refractivity contribution is 14.1. The van der Waals surface area contributed by atoms with Crippen LogP contribution >= 0.6 is 22.6 Å². The predicted molar refractivity (Wildman–Crippen MR) is 80.8 cm³/mol.